The number of aromatic amines is 1. The molecule has 4 aromatic rings. The van der Waals surface area contributed by atoms with E-state index >= 15 is 0 Å². The SMILES string of the molecule is CC1CCC(C2CCC(c3[nH]c(-c4ccc(CCc5ccccc5)c(N)c4)c4c(N)cccc34)CC2)CC1. The maximum Gasteiger partial charge on any atom is 0.0557 e. The normalized spacial score (nSPS) is 24.0. The number of aryl methyl sites for hydroxylation is 2. The van der Waals surface area contributed by atoms with Crippen LogP contribution < -0.4 is 11.5 Å². The van der Waals surface area contributed by atoms with Crippen LogP contribution in [0.15, 0.2) is 66.7 Å². The molecule has 2 saturated carbocycles. The van der Waals surface area contributed by atoms with Crippen molar-refractivity contribution < 1.29 is 0 Å². The number of nitrogen functional groups attached to an aromatic ring is 2. The van der Waals surface area contributed by atoms with Gasteiger partial charge >= 0.3 is 0 Å². The Morgan fingerprint density at radius 3 is 2.13 bits per heavy atom. The van der Waals surface area contributed by atoms with Crippen LogP contribution in [0.1, 0.15) is 81.0 Å². The summed E-state index contributed by atoms with van der Waals surface area (Å²) in [4.78, 5) is 3.89. The number of nitrogens with two attached hydrogens (primary N) is 2. The van der Waals surface area contributed by atoms with E-state index in [9.17, 15) is 0 Å². The number of H-pyrrole nitrogens is 1. The highest BCUT2D eigenvalue weighted by atomic mass is 14.8. The van der Waals surface area contributed by atoms with Crippen molar-refractivity contribution >= 4 is 22.1 Å². The van der Waals surface area contributed by atoms with E-state index < -0.39 is 0 Å². The lowest BCUT2D eigenvalue weighted by atomic mass is 9.69. The number of aromatic nitrogens is 1. The third kappa shape index (κ3) is 5.08. The molecule has 5 N–H and O–H groups in total. The zero-order valence-corrected chi connectivity index (χ0v) is 22.9. The van der Waals surface area contributed by atoms with Crippen LogP contribution >= 0.6 is 0 Å². The van der Waals surface area contributed by atoms with Gasteiger partial charge in [-0.15, -0.1) is 0 Å². The minimum absolute atomic E-state index is 0.578. The smallest absolute Gasteiger partial charge is 0.0557 e. The fourth-order valence-electron chi connectivity index (χ4n) is 7.41. The predicted molar refractivity (Wildman–Crippen MR) is 162 cm³/mol. The van der Waals surface area contributed by atoms with Crippen LogP contribution in [0.3, 0.4) is 0 Å². The summed E-state index contributed by atoms with van der Waals surface area (Å²) in [5, 5.41) is 2.45. The first-order valence-electron chi connectivity index (χ1n) is 14.9. The van der Waals surface area contributed by atoms with Gasteiger partial charge in [0.2, 0.25) is 0 Å². The molecule has 0 amide bonds. The van der Waals surface area contributed by atoms with Crippen molar-refractivity contribution in [2.24, 2.45) is 17.8 Å². The van der Waals surface area contributed by atoms with E-state index in [0.717, 1.165) is 58.6 Å². The minimum Gasteiger partial charge on any atom is -0.398 e. The zero-order chi connectivity index (χ0) is 26.1. The Hall–Kier alpha value is -3.20. The predicted octanol–water partition coefficient (Wildman–Crippen LogP) is 8.88. The molecule has 38 heavy (non-hydrogen) atoms. The second-order valence-electron chi connectivity index (χ2n) is 12.2. The van der Waals surface area contributed by atoms with Gasteiger partial charge in [0.15, 0.2) is 0 Å². The fourth-order valence-corrected chi connectivity index (χ4v) is 7.41. The Morgan fingerprint density at radius 1 is 0.711 bits per heavy atom. The molecule has 0 radical (unpaired) electrons. The molecule has 0 atom stereocenters. The Morgan fingerprint density at radius 2 is 1.42 bits per heavy atom. The van der Waals surface area contributed by atoms with Crippen LogP contribution in [0.2, 0.25) is 0 Å². The topological polar surface area (TPSA) is 67.8 Å². The van der Waals surface area contributed by atoms with Gasteiger partial charge in [-0.05, 0) is 98.3 Å². The summed E-state index contributed by atoms with van der Waals surface area (Å²) in [5.41, 5.74) is 21.1. The van der Waals surface area contributed by atoms with E-state index in [1.807, 2.05) is 6.07 Å². The maximum atomic E-state index is 6.60. The molecule has 3 heteroatoms. The van der Waals surface area contributed by atoms with Gasteiger partial charge < -0.3 is 16.5 Å². The number of benzene rings is 3. The number of anilines is 2. The lowest BCUT2D eigenvalue weighted by Gasteiger charge is -2.37. The van der Waals surface area contributed by atoms with E-state index in [0.29, 0.717) is 5.92 Å². The maximum absolute atomic E-state index is 6.60. The summed E-state index contributed by atoms with van der Waals surface area (Å²) < 4.78 is 0. The van der Waals surface area contributed by atoms with E-state index in [-0.39, 0.29) is 0 Å². The Kier molecular flexibility index (Phi) is 7.19. The largest absolute Gasteiger partial charge is 0.398 e. The van der Waals surface area contributed by atoms with E-state index in [4.69, 9.17) is 11.5 Å². The summed E-state index contributed by atoms with van der Waals surface area (Å²) in [6.45, 7) is 2.43. The molecule has 2 fully saturated rings. The van der Waals surface area contributed by atoms with Crippen LogP contribution in [0.25, 0.3) is 22.0 Å². The average Bonchev–Trinajstić information content (AvgIpc) is 3.34. The summed E-state index contributed by atoms with van der Waals surface area (Å²) in [6, 6.07) is 23.6. The molecule has 3 aromatic carbocycles. The first kappa shape index (κ1) is 25.1. The van der Waals surface area contributed by atoms with Crippen molar-refractivity contribution in [1.29, 1.82) is 0 Å². The first-order valence-corrected chi connectivity index (χ1v) is 14.9. The monoisotopic (exact) mass is 505 g/mol. The molecule has 0 unspecified atom stereocenters. The standard InChI is InChI=1S/C35H43N3/c1-23-10-13-25(14-11-23)26-16-19-28(20-17-26)34-30-8-5-9-31(36)33(30)35(38-34)29-21-18-27(32(37)22-29)15-12-24-6-3-2-4-7-24/h2-9,18,21-23,25-26,28,38H,10-17,19-20,36-37H2,1H3. The minimum atomic E-state index is 0.578. The number of rotatable bonds is 6. The Balaban J connectivity index is 1.23. The molecule has 2 aliphatic rings. The number of fused-ring (bicyclic) bond motifs is 1. The highest BCUT2D eigenvalue weighted by molar-refractivity contribution is 6.05. The van der Waals surface area contributed by atoms with Crippen molar-refractivity contribution in [3.8, 4) is 11.3 Å². The van der Waals surface area contributed by atoms with Gasteiger partial charge in [0.25, 0.3) is 0 Å². The van der Waals surface area contributed by atoms with Gasteiger partial charge in [0.05, 0.1) is 5.69 Å². The van der Waals surface area contributed by atoms with Gasteiger partial charge in [0, 0.05) is 33.4 Å². The fraction of sp³-hybridized carbons (Fsp3) is 0.429. The third-order valence-electron chi connectivity index (χ3n) is 9.76. The second kappa shape index (κ2) is 10.9. The van der Waals surface area contributed by atoms with Gasteiger partial charge in [-0.3, -0.25) is 0 Å². The molecule has 0 saturated heterocycles. The summed E-state index contributed by atoms with van der Waals surface area (Å²) >= 11 is 0. The van der Waals surface area contributed by atoms with Crippen molar-refractivity contribution in [3.63, 3.8) is 0 Å². The molecular weight excluding hydrogens is 462 g/mol. The molecular formula is C35H43N3. The highest BCUT2D eigenvalue weighted by Crippen LogP contribution is 2.46. The lowest BCUT2D eigenvalue weighted by molar-refractivity contribution is 0.165. The van der Waals surface area contributed by atoms with Crippen molar-refractivity contribution in [2.45, 2.75) is 77.0 Å². The van der Waals surface area contributed by atoms with E-state index in [1.54, 1.807) is 0 Å². The van der Waals surface area contributed by atoms with Crippen molar-refractivity contribution in [2.75, 3.05) is 11.5 Å². The summed E-state index contributed by atoms with van der Waals surface area (Å²) in [6.07, 6.45) is 13.0. The first-order chi connectivity index (χ1) is 18.6. The van der Waals surface area contributed by atoms with Gasteiger partial charge in [-0.2, -0.15) is 0 Å². The number of hydrogen-bond acceptors (Lipinski definition) is 2. The summed E-state index contributed by atoms with van der Waals surface area (Å²) in [7, 11) is 0. The molecule has 0 bridgehead atoms. The highest BCUT2D eigenvalue weighted by Gasteiger charge is 2.32. The van der Waals surface area contributed by atoms with Crippen LogP contribution in [0, 0.1) is 17.8 Å². The molecule has 1 heterocycles. The van der Waals surface area contributed by atoms with Crippen molar-refractivity contribution in [3.05, 3.63) is 83.6 Å². The quantitative estimate of drug-likeness (QED) is 0.229. The van der Waals surface area contributed by atoms with Crippen LogP contribution in [0.5, 0.6) is 0 Å². The third-order valence-corrected chi connectivity index (χ3v) is 9.76. The molecule has 2 aliphatic carbocycles. The van der Waals surface area contributed by atoms with E-state index in [1.165, 1.54) is 73.6 Å². The van der Waals surface area contributed by atoms with Gasteiger partial charge in [-0.25, -0.2) is 0 Å². The second-order valence-corrected chi connectivity index (χ2v) is 12.2. The molecule has 1 aromatic heterocycles. The molecule has 0 aliphatic heterocycles. The number of hydrogen-bond donors (Lipinski definition) is 3. The summed E-state index contributed by atoms with van der Waals surface area (Å²) in [5.74, 6) is 3.40. The average molecular weight is 506 g/mol. The Labute approximate surface area is 228 Å². The molecule has 6 rings (SSSR count). The van der Waals surface area contributed by atoms with Gasteiger partial charge in [0.1, 0.15) is 0 Å². The zero-order valence-electron chi connectivity index (χ0n) is 22.9. The van der Waals surface area contributed by atoms with Crippen LogP contribution in [-0.2, 0) is 12.8 Å². The van der Waals surface area contributed by atoms with Crippen molar-refractivity contribution in [1.82, 2.24) is 4.98 Å². The lowest BCUT2D eigenvalue weighted by Crippen LogP contribution is -2.24. The Bertz CT molecular complexity index is 1370. The molecule has 198 valence electrons. The van der Waals surface area contributed by atoms with Crippen LogP contribution in [0.4, 0.5) is 11.4 Å². The molecule has 0 spiro atoms. The van der Waals surface area contributed by atoms with E-state index in [2.05, 4.69) is 72.6 Å². The number of nitrogens with one attached hydrogen (secondary N) is 1. The van der Waals surface area contributed by atoms with Crippen LogP contribution in [-0.4, -0.2) is 4.98 Å². The molecule has 3 nitrogen and oxygen atoms in total. The van der Waals surface area contributed by atoms with Gasteiger partial charge in [-0.1, -0.05) is 74.4 Å².